The van der Waals surface area contributed by atoms with Gasteiger partial charge in [0.2, 0.25) is 6.39 Å². The van der Waals surface area contributed by atoms with E-state index >= 15 is 0 Å². The van der Waals surface area contributed by atoms with Crippen LogP contribution in [0.15, 0.2) is 10.8 Å². The van der Waals surface area contributed by atoms with Gasteiger partial charge in [0.15, 0.2) is 0 Å². The van der Waals surface area contributed by atoms with Crippen molar-refractivity contribution < 1.29 is 4.42 Å². The van der Waals surface area contributed by atoms with Gasteiger partial charge >= 0.3 is 6.01 Å². The number of hydrazine groups is 1. The first-order chi connectivity index (χ1) is 5.45. The summed E-state index contributed by atoms with van der Waals surface area (Å²) in [5.74, 6) is 0. The van der Waals surface area contributed by atoms with Crippen LogP contribution >= 0.6 is 0 Å². The first-order valence-electron chi connectivity index (χ1n) is 3.73. The fourth-order valence-electron chi connectivity index (χ4n) is 1.19. The van der Waals surface area contributed by atoms with Gasteiger partial charge in [-0.1, -0.05) is 5.10 Å². The van der Waals surface area contributed by atoms with Crippen molar-refractivity contribution in [3.8, 4) is 0 Å². The molecule has 5 heteroatoms. The lowest BCUT2D eigenvalue weighted by atomic mass is 10.4. The molecule has 0 unspecified atom stereocenters. The minimum absolute atomic E-state index is 0.479. The largest absolute Gasteiger partial charge is 0.410 e. The van der Waals surface area contributed by atoms with Crippen LogP contribution in [0.2, 0.25) is 0 Å². The second kappa shape index (κ2) is 2.87. The van der Waals surface area contributed by atoms with Crippen molar-refractivity contribution in [2.24, 2.45) is 0 Å². The van der Waals surface area contributed by atoms with Crippen molar-refractivity contribution >= 4 is 6.01 Å². The molecule has 0 aromatic carbocycles. The predicted molar refractivity (Wildman–Crippen MR) is 38.7 cm³/mol. The van der Waals surface area contributed by atoms with Crippen molar-refractivity contribution in [1.82, 2.24) is 15.2 Å². The van der Waals surface area contributed by atoms with Crippen LogP contribution in [0.4, 0.5) is 6.01 Å². The Morgan fingerprint density at radius 3 is 2.91 bits per heavy atom. The van der Waals surface area contributed by atoms with Crippen LogP contribution in [-0.2, 0) is 0 Å². The zero-order valence-corrected chi connectivity index (χ0v) is 6.16. The van der Waals surface area contributed by atoms with Crippen LogP contribution in [0.1, 0.15) is 12.8 Å². The predicted octanol–water partition coefficient (Wildman–Crippen LogP) is 0.492. The van der Waals surface area contributed by atoms with Gasteiger partial charge in [-0.05, 0) is 12.8 Å². The summed E-state index contributed by atoms with van der Waals surface area (Å²) in [7, 11) is 0. The molecule has 0 spiro atoms. The molecule has 60 valence electrons. The average molecular weight is 154 g/mol. The van der Waals surface area contributed by atoms with Gasteiger partial charge in [-0.25, -0.2) is 5.01 Å². The summed E-state index contributed by atoms with van der Waals surface area (Å²) in [5, 5.41) is 9.35. The molecule has 2 heterocycles. The van der Waals surface area contributed by atoms with Gasteiger partial charge < -0.3 is 4.42 Å². The van der Waals surface area contributed by atoms with Crippen molar-refractivity contribution in [2.75, 3.05) is 18.5 Å². The van der Waals surface area contributed by atoms with Gasteiger partial charge in [0, 0.05) is 13.1 Å². The molecule has 0 bridgehead atoms. The van der Waals surface area contributed by atoms with Gasteiger partial charge in [-0.3, -0.25) is 5.43 Å². The molecule has 0 atom stereocenters. The van der Waals surface area contributed by atoms with Crippen LogP contribution in [-0.4, -0.2) is 28.3 Å². The summed E-state index contributed by atoms with van der Waals surface area (Å²) in [5.41, 5.74) is 3.01. The van der Waals surface area contributed by atoms with E-state index in [0.29, 0.717) is 6.01 Å². The van der Waals surface area contributed by atoms with Crippen LogP contribution < -0.4 is 5.43 Å². The Hall–Kier alpha value is -1.10. The van der Waals surface area contributed by atoms with Gasteiger partial charge in [-0.15, -0.1) is 5.10 Å². The Morgan fingerprint density at radius 2 is 2.27 bits per heavy atom. The molecule has 1 aromatic heterocycles. The lowest BCUT2D eigenvalue weighted by molar-refractivity contribution is 0.385. The smallest absolute Gasteiger partial charge is 0.330 e. The fraction of sp³-hybridized carbons (Fsp3) is 0.667. The van der Waals surface area contributed by atoms with E-state index in [1.54, 1.807) is 0 Å². The maximum Gasteiger partial charge on any atom is 0.330 e. The first-order valence-corrected chi connectivity index (χ1v) is 3.73. The summed E-state index contributed by atoms with van der Waals surface area (Å²) in [6, 6.07) is 0.479. The Balaban J connectivity index is 1.90. The van der Waals surface area contributed by atoms with Crippen LogP contribution in [0, 0.1) is 0 Å². The molecule has 2 rings (SSSR count). The maximum atomic E-state index is 4.92. The highest BCUT2D eigenvalue weighted by Crippen LogP contribution is 2.09. The normalized spacial score (nSPS) is 18.9. The summed E-state index contributed by atoms with van der Waals surface area (Å²) < 4.78 is 4.92. The van der Waals surface area contributed by atoms with E-state index in [1.807, 2.05) is 0 Å². The molecular weight excluding hydrogens is 144 g/mol. The van der Waals surface area contributed by atoms with E-state index in [1.165, 1.54) is 19.2 Å². The van der Waals surface area contributed by atoms with Gasteiger partial charge in [0.25, 0.3) is 0 Å². The molecule has 1 aliphatic rings. The third kappa shape index (κ3) is 1.48. The quantitative estimate of drug-likeness (QED) is 0.672. The monoisotopic (exact) mass is 154 g/mol. The average Bonchev–Trinajstić information content (AvgIpc) is 2.60. The molecule has 5 nitrogen and oxygen atoms in total. The van der Waals surface area contributed by atoms with Gasteiger partial charge in [0.05, 0.1) is 0 Å². The van der Waals surface area contributed by atoms with Crippen molar-refractivity contribution in [3.05, 3.63) is 6.39 Å². The van der Waals surface area contributed by atoms with Crippen molar-refractivity contribution in [1.29, 1.82) is 0 Å². The van der Waals surface area contributed by atoms with E-state index in [2.05, 4.69) is 20.6 Å². The zero-order chi connectivity index (χ0) is 7.52. The number of nitrogens with zero attached hydrogens (tertiary/aromatic N) is 3. The van der Waals surface area contributed by atoms with E-state index in [0.717, 1.165) is 13.1 Å². The maximum absolute atomic E-state index is 4.92. The van der Waals surface area contributed by atoms with Crippen LogP contribution in [0.3, 0.4) is 0 Å². The fourth-order valence-corrected chi connectivity index (χ4v) is 1.19. The molecule has 1 aliphatic heterocycles. The number of nitrogens with one attached hydrogen (secondary N) is 1. The number of hydrogen-bond acceptors (Lipinski definition) is 5. The lowest BCUT2D eigenvalue weighted by Crippen LogP contribution is -2.26. The highest BCUT2D eigenvalue weighted by atomic mass is 16.4. The second-order valence-corrected chi connectivity index (χ2v) is 2.55. The number of anilines is 1. The highest BCUT2D eigenvalue weighted by molar-refractivity contribution is 5.13. The summed E-state index contributed by atoms with van der Waals surface area (Å²) >= 11 is 0. The van der Waals surface area contributed by atoms with Crippen molar-refractivity contribution in [2.45, 2.75) is 12.8 Å². The Bertz CT molecular complexity index is 204. The van der Waals surface area contributed by atoms with E-state index < -0.39 is 0 Å². The van der Waals surface area contributed by atoms with Gasteiger partial charge in [-0.2, -0.15) is 0 Å². The van der Waals surface area contributed by atoms with Crippen LogP contribution in [0.5, 0.6) is 0 Å². The molecule has 1 N–H and O–H groups in total. The second-order valence-electron chi connectivity index (χ2n) is 2.55. The zero-order valence-electron chi connectivity index (χ0n) is 6.16. The highest BCUT2D eigenvalue weighted by Gasteiger charge is 2.12. The number of rotatable bonds is 2. The molecule has 0 aliphatic carbocycles. The third-order valence-corrected chi connectivity index (χ3v) is 1.72. The molecule has 1 aromatic rings. The van der Waals surface area contributed by atoms with Gasteiger partial charge in [0.1, 0.15) is 0 Å². The Kier molecular flexibility index (Phi) is 1.72. The third-order valence-electron chi connectivity index (χ3n) is 1.72. The molecule has 1 saturated heterocycles. The SMILES string of the molecule is c1nnc(NN2CCCC2)o1. The molecule has 1 fully saturated rings. The Morgan fingerprint density at radius 1 is 1.45 bits per heavy atom. The lowest BCUT2D eigenvalue weighted by Gasteiger charge is -2.12. The summed E-state index contributed by atoms with van der Waals surface area (Å²) in [6.45, 7) is 2.12. The van der Waals surface area contributed by atoms with E-state index in [9.17, 15) is 0 Å². The van der Waals surface area contributed by atoms with Crippen LogP contribution in [0.25, 0.3) is 0 Å². The molecule has 11 heavy (non-hydrogen) atoms. The minimum Gasteiger partial charge on any atom is -0.410 e. The van der Waals surface area contributed by atoms with E-state index in [-0.39, 0.29) is 0 Å². The van der Waals surface area contributed by atoms with E-state index in [4.69, 9.17) is 4.42 Å². The number of hydrogen-bond donors (Lipinski definition) is 1. The number of aromatic nitrogens is 2. The first kappa shape index (κ1) is 6.60. The minimum atomic E-state index is 0.479. The molecule has 0 amide bonds. The molecule has 0 radical (unpaired) electrons. The molecule has 0 saturated carbocycles. The topological polar surface area (TPSA) is 54.2 Å². The molecular formula is C6H10N4O. The summed E-state index contributed by atoms with van der Waals surface area (Å²) in [4.78, 5) is 0. The summed E-state index contributed by atoms with van der Waals surface area (Å²) in [6.07, 6.45) is 3.79. The Labute approximate surface area is 64.4 Å². The standard InChI is InChI=1S/C6H10N4O/c1-2-4-10(3-1)9-6-8-7-5-11-6/h5H,1-4H2,(H,8,9). The van der Waals surface area contributed by atoms with Crippen molar-refractivity contribution in [3.63, 3.8) is 0 Å².